The van der Waals surface area contributed by atoms with Crippen molar-refractivity contribution in [2.75, 3.05) is 26.3 Å². The number of ether oxygens (including phenoxy) is 2. The van der Waals surface area contributed by atoms with E-state index < -0.39 is 11.5 Å². The van der Waals surface area contributed by atoms with Crippen molar-refractivity contribution in [2.24, 2.45) is 5.73 Å². The third-order valence-electron chi connectivity index (χ3n) is 5.20. The van der Waals surface area contributed by atoms with Crippen molar-refractivity contribution >= 4 is 28.4 Å². The normalized spacial score (nSPS) is 20.0. The fourth-order valence-corrected chi connectivity index (χ4v) is 4.10. The highest BCUT2D eigenvalue weighted by atomic mass is 35.5. The Morgan fingerprint density at radius 3 is 2.97 bits per heavy atom. The summed E-state index contributed by atoms with van der Waals surface area (Å²) in [4.78, 5) is 17.3. The van der Waals surface area contributed by atoms with Crippen molar-refractivity contribution in [3.63, 3.8) is 0 Å². The molecular formula is C22H24ClN3O3. The van der Waals surface area contributed by atoms with E-state index in [4.69, 9.17) is 26.8 Å². The molecule has 2 heterocycles. The Hall–Kier alpha value is -2.54. The molecule has 6 nitrogen and oxygen atoms in total. The molecule has 1 saturated heterocycles. The highest BCUT2D eigenvalue weighted by Crippen LogP contribution is 2.27. The molecule has 0 spiro atoms. The van der Waals surface area contributed by atoms with Gasteiger partial charge < -0.3 is 20.2 Å². The predicted molar refractivity (Wildman–Crippen MR) is 113 cm³/mol. The van der Waals surface area contributed by atoms with Crippen molar-refractivity contribution in [3.8, 4) is 5.75 Å². The number of aromatic nitrogens is 1. The SMILES string of the molecule is NC(=O)C[C@]1(COc2cccc(Cl)c2)CN(Cc2cccc3[nH]ccc23)CCO1. The fraction of sp³-hybridized carbons (Fsp3) is 0.318. The zero-order valence-corrected chi connectivity index (χ0v) is 16.8. The van der Waals surface area contributed by atoms with E-state index in [1.54, 1.807) is 12.1 Å². The van der Waals surface area contributed by atoms with Crippen LogP contribution in [0.1, 0.15) is 12.0 Å². The summed E-state index contributed by atoms with van der Waals surface area (Å²) in [5.41, 5.74) is 7.09. The van der Waals surface area contributed by atoms with E-state index in [2.05, 4.69) is 28.1 Å². The first kappa shape index (κ1) is 19.8. The van der Waals surface area contributed by atoms with Gasteiger partial charge in [-0.1, -0.05) is 29.8 Å². The van der Waals surface area contributed by atoms with Crippen LogP contribution in [0.5, 0.6) is 5.75 Å². The molecule has 29 heavy (non-hydrogen) atoms. The van der Waals surface area contributed by atoms with Crippen LogP contribution >= 0.6 is 11.6 Å². The van der Waals surface area contributed by atoms with Gasteiger partial charge in [-0.05, 0) is 35.9 Å². The number of nitrogens with zero attached hydrogens (tertiary/aromatic N) is 1. The van der Waals surface area contributed by atoms with Crippen LogP contribution in [0.15, 0.2) is 54.7 Å². The second-order valence-corrected chi connectivity index (χ2v) is 7.92. The number of primary amides is 1. The fourth-order valence-electron chi connectivity index (χ4n) is 3.92. The summed E-state index contributed by atoms with van der Waals surface area (Å²) in [5, 5.41) is 1.80. The molecular weight excluding hydrogens is 390 g/mol. The molecule has 0 radical (unpaired) electrons. The molecule has 7 heteroatoms. The van der Waals surface area contributed by atoms with E-state index in [1.165, 1.54) is 10.9 Å². The van der Waals surface area contributed by atoms with E-state index >= 15 is 0 Å². The Bertz CT molecular complexity index is 1010. The molecule has 3 N–H and O–H groups in total. The molecule has 3 aromatic rings. The summed E-state index contributed by atoms with van der Waals surface area (Å²) < 4.78 is 12.0. The van der Waals surface area contributed by atoms with Crippen LogP contribution in [0.25, 0.3) is 10.9 Å². The van der Waals surface area contributed by atoms with Crippen molar-refractivity contribution < 1.29 is 14.3 Å². The Morgan fingerprint density at radius 1 is 1.28 bits per heavy atom. The van der Waals surface area contributed by atoms with Crippen molar-refractivity contribution in [1.29, 1.82) is 0 Å². The largest absolute Gasteiger partial charge is 0.490 e. The molecule has 4 rings (SSSR count). The van der Waals surface area contributed by atoms with Crippen LogP contribution in [0.2, 0.25) is 5.02 Å². The highest BCUT2D eigenvalue weighted by Gasteiger charge is 2.39. The quantitative estimate of drug-likeness (QED) is 0.622. The number of aromatic amines is 1. The molecule has 152 valence electrons. The van der Waals surface area contributed by atoms with Crippen molar-refractivity contribution in [3.05, 3.63) is 65.3 Å². The van der Waals surface area contributed by atoms with Gasteiger partial charge in [-0.25, -0.2) is 0 Å². The standard InChI is InChI=1S/C22H24ClN3O3/c23-17-4-2-5-18(11-17)28-15-22(12-21(24)27)14-26(9-10-29-22)13-16-3-1-6-20-19(16)7-8-25-20/h1-8,11,25H,9-10,12-15H2,(H2,24,27)/t22-/m1/s1. The number of morpholine rings is 1. The number of fused-ring (bicyclic) bond motifs is 1. The van der Waals surface area contributed by atoms with Gasteiger partial charge in [0.05, 0.1) is 13.0 Å². The van der Waals surface area contributed by atoms with Gasteiger partial charge in [0.15, 0.2) is 0 Å². The van der Waals surface area contributed by atoms with E-state index in [1.807, 2.05) is 24.4 Å². The summed E-state index contributed by atoms with van der Waals surface area (Å²) in [6, 6.07) is 15.5. The maximum absolute atomic E-state index is 11.8. The average Bonchev–Trinajstić information content (AvgIpc) is 3.16. The smallest absolute Gasteiger partial charge is 0.220 e. The first-order valence-corrected chi connectivity index (χ1v) is 9.99. The molecule has 1 aromatic heterocycles. The van der Waals surface area contributed by atoms with Crippen molar-refractivity contribution in [2.45, 2.75) is 18.6 Å². The van der Waals surface area contributed by atoms with Gasteiger partial charge in [-0.2, -0.15) is 0 Å². The number of halogens is 1. The molecule has 1 aliphatic rings. The Kier molecular flexibility index (Phi) is 5.76. The van der Waals surface area contributed by atoms with Gasteiger partial charge in [0, 0.05) is 41.8 Å². The molecule has 1 aliphatic heterocycles. The van der Waals surface area contributed by atoms with E-state index in [0.29, 0.717) is 23.9 Å². The lowest BCUT2D eigenvalue weighted by atomic mass is 9.97. The monoisotopic (exact) mass is 413 g/mol. The summed E-state index contributed by atoms with van der Waals surface area (Å²) in [7, 11) is 0. The molecule has 1 fully saturated rings. The summed E-state index contributed by atoms with van der Waals surface area (Å²) in [6.07, 6.45) is 2.04. The van der Waals surface area contributed by atoms with Crippen molar-refractivity contribution in [1.82, 2.24) is 9.88 Å². The predicted octanol–water partition coefficient (Wildman–Crippen LogP) is 3.35. The minimum atomic E-state index is -0.793. The average molecular weight is 414 g/mol. The summed E-state index contributed by atoms with van der Waals surface area (Å²) >= 11 is 6.04. The zero-order valence-electron chi connectivity index (χ0n) is 16.1. The molecule has 2 aromatic carbocycles. The number of carbonyl (C=O) groups is 1. The van der Waals surface area contributed by atoms with Crippen LogP contribution < -0.4 is 10.5 Å². The van der Waals surface area contributed by atoms with Gasteiger partial charge in [0.2, 0.25) is 5.91 Å². The second-order valence-electron chi connectivity index (χ2n) is 7.49. The lowest BCUT2D eigenvalue weighted by molar-refractivity contribution is -0.148. The molecule has 0 aliphatic carbocycles. The highest BCUT2D eigenvalue weighted by molar-refractivity contribution is 6.30. The van der Waals surface area contributed by atoms with Crippen LogP contribution in [0, 0.1) is 0 Å². The number of rotatable bonds is 7. The number of hydrogen-bond donors (Lipinski definition) is 2. The summed E-state index contributed by atoms with van der Waals surface area (Å²) in [6.45, 7) is 2.82. The van der Waals surface area contributed by atoms with Crippen LogP contribution in [-0.2, 0) is 16.1 Å². The Labute approximate surface area is 174 Å². The molecule has 1 atom stereocenters. The third-order valence-corrected chi connectivity index (χ3v) is 5.44. The minimum Gasteiger partial charge on any atom is -0.490 e. The lowest BCUT2D eigenvalue weighted by Crippen LogP contribution is -2.56. The maximum Gasteiger partial charge on any atom is 0.220 e. The van der Waals surface area contributed by atoms with Crippen LogP contribution in [-0.4, -0.2) is 47.7 Å². The second kappa shape index (κ2) is 8.45. The Balaban J connectivity index is 1.51. The molecule has 0 unspecified atom stereocenters. The van der Waals surface area contributed by atoms with Gasteiger partial charge in [-0.15, -0.1) is 0 Å². The first-order chi connectivity index (χ1) is 14.0. The van der Waals surface area contributed by atoms with E-state index in [-0.39, 0.29) is 13.0 Å². The minimum absolute atomic E-state index is 0.0957. The third kappa shape index (κ3) is 4.72. The summed E-state index contributed by atoms with van der Waals surface area (Å²) in [5.74, 6) is 0.230. The van der Waals surface area contributed by atoms with Crippen LogP contribution in [0.4, 0.5) is 0 Å². The van der Waals surface area contributed by atoms with Crippen LogP contribution in [0.3, 0.4) is 0 Å². The number of amides is 1. The van der Waals surface area contributed by atoms with Gasteiger partial charge in [-0.3, -0.25) is 9.69 Å². The lowest BCUT2D eigenvalue weighted by Gasteiger charge is -2.42. The topological polar surface area (TPSA) is 80.6 Å². The van der Waals surface area contributed by atoms with Gasteiger partial charge in [0.1, 0.15) is 18.0 Å². The van der Waals surface area contributed by atoms with Gasteiger partial charge >= 0.3 is 0 Å². The maximum atomic E-state index is 11.8. The number of nitrogens with two attached hydrogens (primary N) is 1. The molecule has 1 amide bonds. The zero-order chi connectivity index (χ0) is 20.3. The first-order valence-electron chi connectivity index (χ1n) is 9.61. The Morgan fingerprint density at radius 2 is 2.14 bits per heavy atom. The molecule has 0 saturated carbocycles. The van der Waals surface area contributed by atoms with E-state index in [9.17, 15) is 4.79 Å². The number of carbonyl (C=O) groups excluding carboxylic acids is 1. The number of H-pyrrole nitrogens is 1. The van der Waals surface area contributed by atoms with E-state index in [0.717, 1.165) is 18.6 Å². The number of hydrogen-bond acceptors (Lipinski definition) is 4. The van der Waals surface area contributed by atoms with Gasteiger partial charge in [0.25, 0.3) is 0 Å². The number of nitrogens with one attached hydrogen (secondary N) is 1. The number of benzene rings is 2. The molecule has 0 bridgehead atoms.